The van der Waals surface area contributed by atoms with Crippen molar-refractivity contribution in [2.24, 2.45) is 0 Å². The van der Waals surface area contributed by atoms with Gasteiger partial charge >= 0.3 is 0 Å². The smallest absolute Gasteiger partial charge is 0.204 e. The highest BCUT2D eigenvalue weighted by molar-refractivity contribution is 5.78. The van der Waals surface area contributed by atoms with E-state index in [1.54, 1.807) is 19.2 Å². The van der Waals surface area contributed by atoms with E-state index in [-0.39, 0.29) is 5.75 Å². The van der Waals surface area contributed by atoms with E-state index in [1.165, 1.54) is 0 Å². The van der Waals surface area contributed by atoms with Crippen molar-refractivity contribution in [3.63, 3.8) is 0 Å². The molecule has 0 atom stereocenters. The Kier molecular flexibility index (Phi) is 4.37. The molecule has 0 aliphatic heterocycles. The molecule has 0 bridgehead atoms. The van der Waals surface area contributed by atoms with Crippen LogP contribution in [0.3, 0.4) is 0 Å². The van der Waals surface area contributed by atoms with Crippen molar-refractivity contribution in [2.45, 2.75) is 26.4 Å². The largest absolute Gasteiger partial charge is 0.508 e. The third-order valence-electron chi connectivity index (χ3n) is 3.83. The molecule has 0 radical (unpaired) electrons. The fourth-order valence-corrected chi connectivity index (χ4v) is 2.67. The van der Waals surface area contributed by atoms with Crippen molar-refractivity contribution < 1.29 is 9.84 Å². The molecule has 0 aliphatic rings. The number of imidazole rings is 1. The normalized spacial score (nSPS) is 10.9. The number of nitrogens with zero attached hydrogens (tertiary/aromatic N) is 2. The minimum atomic E-state index is 0.247. The van der Waals surface area contributed by atoms with Gasteiger partial charge in [0.15, 0.2) is 0 Å². The molecule has 0 saturated carbocycles. The summed E-state index contributed by atoms with van der Waals surface area (Å²) in [7, 11) is 1.62. The number of nitrogens with one attached hydrogen (secondary N) is 1. The van der Waals surface area contributed by atoms with Crippen LogP contribution in [0.1, 0.15) is 18.9 Å². The number of ether oxygens (including phenoxy) is 1. The van der Waals surface area contributed by atoms with Crippen LogP contribution in [-0.2, 0) is 13.1 Å². The topological polar surface area (TPSA) is 59.3 Å². The van der Waals surface area contributed by atoms with Crippen molar-refractivity contribution in [1.29, 1.82) is 0 Å². The predicted octanol–water partition coefficient (Wildman–Crippen LogP) is 3.77. The Morgan fingerprint density at radius 3 is 2.83 bits per heavy atom. The average Bonchev–Trinajstić information content (AvgIpc) is 2.92. The second kappa shape index (κ2) is 6.60. The molecule has 0 amide bonds. The van der Waals surface area contributed by atoms with Gasteiger partial charge in [0.1, 0.15) is 11.5 Å². The molecular weight excluding hydrogens is 290 g/mol. The summed E-state index contributed by atoms with van der Waals surface area (Å²) in [5.74, 6) is 1.79. The first-order valence-corrected chi connectivity index (χ1v) is 7.78. The van der Waals surface area contributed by atoms with Gasteiger partial charge in [-0.05, 0) is 36.8 Å². The summed E-state index contributed by atoms with van der Waals surface area (Å²) in [5, 5.41) is 13.3. The van der Waals surface area contributed by atoms with Crippen LogP contribution in [0.25, 0.3) is 11.0 Å². The van der Waals surface area contributed by atoms with Gasteiger partial charge in [0.05, 0.1) is 18.1 Å². The van der Waals surface area contributed by atoms with E-state index >= 15 is 0 Å². The number of phenols is 1. The lowest BCUT2D eigenvalue weighted by Gasteiger charge is -2.11. The molecule has 3 rings (SSSR count). The third-order valence-corrected chi connectivity index (χ3v) is 3.83. The zero-order valence-electron chi connectivity index (χ0n) is 13.4. The van der Waals surface area contributed by atoms with E-state index in [9.17, 15) is 5.11 Å². The average molecular weight is 311 g/mol. The minimum absolute atomic E-state index is 0.247. The highest BCUT2D eigenvalue weighted by atomic mass is 16.5. The first kappa shape index (κ1) is 15.2. The summed E-state index contributed by atoms with van der Waals surface area (Å²) in [5.41, 5.74) is 2.87. The lowest BCUT2D eigenvalue weighted by atomic mass is 10.2. The van der Waals surface area contributed by atoms with Crippen LogP contribution in [-0.4, -0.2) is 21.8 Å². The molecule has 2 N–H and O–H groups in total. The van der Waals surface area contributed by atoms with E-state index in [4.69, 9.17) is 4.74 Å². The summed E-state index contributed by atoms with van der Waals surface area (Å²) in [4.78, 5) is 4.66. The van der Waals surface area contributed by atoms with Crippen LogP contribution < -0.4 is 10.1 Å². The molecule has 5 nitrogen and oxygen atoms in total. The van der Waals surface area contributed by atoms with Crippen LogP contribution in [0.5, 0.6) is 11.5 Å². The molecule has 1 aromatic heterocycles. The molecule has 0 fully saturated rings. The zero-order valence-corrected chi connectivity index (χ0v) is 13.4. The number of aromatic hydroxyl groups is 1. The molecule has 2 aromatic carbocycles. The number of phenolic OH excluding ortho intramolecular Hbond substituents is 1. The number of hydrogen-bond donors (Lipinski definition) is 2. The van der Waals surface area contributed by atoms with Gasteiger partial charge in [-0.15, -0.1) is 0 Å². The highest BCUT2D eigenvalue weighted by Gasteiger charge is 2.10. The number of rotatable bonds is 6. The highest BCUT2D eigenvalue weighted by Crippen LogP contribution is 2.25. The molecule has 23 heavy (non-hydrogen) atoms. The van der Waals surface area contributed by atoms with Crippen molar-refractivity contribution in [2.75, 3.05) is 12.4 Å². The molecular formula is C18H21N3O2. The van der Waals surface area contributed by atoms with Gasteiger partial charge in [-0.3, -0.25) is 0 Å². The number of hydrogen-bond acceptors (Lipinski definition) is 4. The zero-order chi connectivity index (χ0) is 16.2. The minimum Gasteiger partial charge on any atom is -0.508 e. The summed E-state index contributed by atoms with van der Waals surface area (Å²) >= 11 is 0. The van der Waals surface area contributed by atoms with Crippen molar-refractivity contribution in [1.82, 2.24) is 9.55 Å². The molecule has 0 unspecified atom stereocenters. The second-order valence-corrected chi connectivity index (χ2v) is 5.42. The standard InChI is InChI=1S/C18H21N3O2/c1-3-10-21-16-7-5-4-6-15(16)20-18(21)19-12-13-11-14(23-2)8-9-17(13)22/h4-9,11,22H,3,10,12H2,1-2H3,(H,19,20). The van der Waals surface area contributed by atoms with Gasteiger partial charge in [-0.2, -0.15) is 0 Å². The Labute approximate surface area is 135 Å². The van der Waals surface area contributed by atoms with Crippen molar-refractivity contribution in [3.8, 4) is 11.5 Å². The second-order valence-electron chi connectivity index (χ2n) is 5.42. The molecule has 5 heteroatoms. The quantitative estimate of drug-likeness (QED) is 0.727. The summed E-state index contributed by atoms with van der Waals surface area (Å²) < 4.78 is 7.39. The molecule has 0 aliphatic carbocycles. The maximum atomic E-state index is 10.00. The number of anilines is 1. The maximum Gasteiger partial charge on any atom is 0.204 e. The summed E-state index contributed by atoms with van der Waals surface area (Å²) in [6.07, 6.45) is 1.03. The molecule has 0 spiro atoms. The number of para-hydroxylation sites is 2. The van der Waals surface area contributed by atoms with Crippen LogP contribution >= 0.6 is 0 Å². The molecule has 3 aromatic rings. The Morgan fingerprint density at radius 2 is 2.04 bits per heavy atom. The number of methoxy groups -OCH3 is 1. The maximum absolute atomic E-state index is 10.00. The number of benzene rings is 2. The number of aromatic nitrogens is 2. The fourth-order valence-electron chi connectivity index (χ4n) is 2.67. The third kappa shape index (κ3) is 3.08. The van der Waals surface area contributed by atoms with Gasteiger partial charge in [-0.25, -0.2) is 4.98 Å². The molecule has 120 valence electrons. The summed E-state index contributed by atoms with van der Waals surface area (Å²) in [6, 6.07) is 13.3. The first-order chi connectivity index (χ1) is 11.2. The van der Waals surface area contributed by atoms with Crippen LogP contribution in [0.15, 0.2) is 42.5 Å². The van der Waals surface area contributed by atoms with E-state index in [0.29, 0.717) is 6.54 Å². The Hall–Kier alpha value is -2.69. The van der Waals surface area contributed by atoms with Gasteiger partial charge in [0.25, 0.3) is 0 Å². The number of fused-ring (bicyclic) bond motifs is 1. The van der Waals surface area contributed by atoms with Crippen molar-refractivity contribution in [3.05, 3.63) is 48.0 Å². The van der Waals surface area contributed by atoms with Crippen molar-refractivity contribution >= 4 is 17.0 Å². The Bertz CT molecular complexity index is 811. The van der Waals surface area contributed by atoms with E-state index in [2.05, 4.69) is 27.9 Å². The lowest BCUT2D eigenvalue weighted by molar-refractivity contribution is 0.411. The summed E-state index contributed by atoms with van der Waals surface area (Å²) in [6.45, 7) is 3.52. The van der Waals surface area contributed by atoms with Crippen LogP contribution in [0.2, 0.25) is 0 Å². The van der Waals surface area contributed by atoms with Crippen LogP contribution in [0, 0.1) is 0 Å². The van der Waals surface area contributed by atoms with Gasteiger partial charge < -0.3 is 19.7 Å². The van der Waals surface area contributed by atoms with E-state index in [1.807, 2.05) is 24.3 Å². The fraction of sp³-hybridized carbons (Fsp3) is 0.278. The predicted molar refractivity (Wildman–Crippen MR) is 92.0 cm³/mol. The molecule has 0 saturated heterocycles. The molecule has 1 heterocycles. The first-order valence-electron chi connectivity index (χ1n) is 7.78. The van der Waals surface area contributed by atoms with Gasteiger partial charge in [-0.1, -0.05) is 19.1 Å². The lowest BCUT2D eigenvalue weighted by Crippen LogP contribution is -2.08. The number of aryl methyl sites for hydroxylation is 1. The van der Waals surface area contributed by atoms with Gasteiger partial charge in [0, 0.05) is 18.7 Å². The van der Waals surface area contributed by atoms with Gasteiger partial charge in [0.2, 0.25) is 5.95 Å². The van der Waals surface area contributed by atoms with E-state index in [0.717, 1.165) is 41.3 Å². The SMILES string of the molecule is CCCn1c(NCc2cc(OC)ccc2O)nc2ccccc21. The van der Waals surface area contributed by atoms with E-state index < -0.39 is 0 Å². The van der Waals surface area contributed by atoms with Crippen LogP contribution in [0.4, 0.5) is 5.95 Å². The Morgan fingerprint density at radius 1 is 1.22 bits per heavy atom. The Balaban J connectivity index is 1.88. The monoisotopic (exact) mass is 311 g/mol.